The van der Waals surface area contributed by atoms with Crippen molar-refractivity contribution >= 4 is 11.7 Å². The molecule has 3 aromatic rings. The Balaban J connectivity index is 1.47. The van der Waals surface area contributed by atoms with Crippen LogP contribution in [0.15, 0.2) is 48.7 Å². The van der Waals surface area contributed by atoms with Gasteiger partial charge in [-0.25, -0.2) is 9.07 Å². The summed E-state index contributed by atoms with van der Waals surface area (Å²) in [6.45, 7) is 2.43. The summed E-state index contributed by atoms with van der Waals surface area (Å²) in [6, 6.07) is 11.8. The number of nitrogens with zero attached hydrogens (tertiary/aromatic N) is 2. The molecule has 1 aliphatic heterocycles. The number of amides is 1. The average molecular weight is 367 g/mol. The van der Waals surface area contributed by atoms with Crippen LogP contribution in [0, 0.1) is 12.7 Å². The number of benzene rings is 2. The summed E-state index contributed by atoms with van der Waals surface area (Å²) < 4.78 is 25.7. The fourth-order valence-electron chi connectivity index (χ4n) is 2.98. The van der Waals surface area contributed by atoms with E-state index >= 15 is 0 Å². The van der Waals surface area contributed by atoms with Gasteiger partial charge in [-0.2, -0.15) is 5.10 Å². The summed E-state index contributed by atoms with van der Waals surface area (Å²) in [5, 5.41) is 7.20. The molecule has 2 heterocycles. The highest BCUT2D eigenvalue weighted by atomic mass is 19.1. The minimum absolute atomic E-state index is 0.169. The fraction of sp³-hybridized carbons (Fsp3) is 0.200. The third kappa shape index (κ3) is 3.76. The maximum Gasteiger partial charge on any atom is 0.231 e. The molecule has 4 rings (SSSR count). The highest BCUT2D eigenvalue weighted by Crippen LogP contribution is 2.32. The number of aryl methyl sites for hydroxylation is 1. The van der Waals surface area contributed by atoms with Gasteiger partial charge in [-0.15, -0.1) is 0 Å². The van der Waals surface area contributed by atoms with Crippen molar-refractivity contribution in [1.29, 1.82) is 0 Å². The number of hydrogen-bond donors (Lipinski definition) is 1. The van der Waals surface area contributed by atoms with Gasteiger partial charge >= 0.3 is 0 Å². The molecule has 0 fully saturated rings. The summed E-state index contributed by atoms with van der Waals surface area (Å²) in [4.78, 5) is 12.5. The predicted molar refractivity (Wildman–Crippen MR) is 97.4 cm³/mol. The summed E-state index contributed by atoms with van der Waals surface area (Å²) in [5.74, 6) is 1.46. The molecule has 1 aromatic heterocycles. The van der Waals surface area contributed by atoms with Crippen LogP contribution in [-0.4, -0.2) is 22.5 Å². The summed E-state index contributed by atoms with van der Waals surface area (Å²) in [7, 11) is 0. The Morgan fingerprint density at radius 1 is 1.19 bits per heavy atom. The largest absolute Gasteiger partial charge is 0.454 e. The minimum Gasteiger partial charge on any atom is -0.454 e. The van der Waals surface area contributed by atoms with Crippen LogP contribution in [0.25, 0.3) is 0 Å². The molecule has 1 N–H and O–H groups in total. The number of nitrogens with one attached hydrogen (secondary N) is 1. The number of anilines is 1. The number of rotatable bonds is 5. The van der Waals surface area contributed by atoms with Gasteiger partial charge in [0.05, 0.1) is 19.2 Å². The molecule has 0 radical (unpaired) electrons. The van der Waals surface area contributed by atoms with E-state index in [1.165, 1.54) is 12.1 Å². The van der Waals surface area contributed by atoms with Gasteiger partial charge in [0.2, 0.25) is 12.7 Å². The second kappa shape index (κ2) is 7.11. The minimum atomic E-state index is -0.301. The molecule has 0 spiro atoms. The smallest absolute Gasteiger partial charge is 0.231 e. The number of carbonyl (C=O) groups is 1. The first-order valence-electron chi connectivity index (χ1n) is 8.54. The topological polar surface area (TPSA) is 65.4 Å². The standard InChI is InChI=1S/C20H18FN3O3/c1-13-10-22-24(11-15-3-2-4-16(21)7-15)20(13)23-19(25)9-14-5-6-17-18(8-14)27-12-26-17/h2-8,10H,9,11-12H2,1H3,(H,23,25). The van der Waals surface area contributed by atoms with Crippen molar-refractivity contribution in [3.05, 3.63) is 71.2 Å². The number of ether oxygens (including phenoxy) is 2. The first kappa shape index (κ1) is 17.1. The van der Waals surface area contributed by atoms with Gasteiger partial charge in [-0.3, -0.25) is 4.79 Å². The molecule has 0 aliphatic carbocycles. The monoisotopic (exact) mass is 367 g/mol. The third-order valence-corrected chi connectivity index (χ3v) is 4.30. The normalized spacial score (nSPS) is 12.2. The lowest BCUT2D eigenvalue weighted by Crippen LogP contribution is -2.18. The van der Waals surface area contributed by atoms with Crippen LogP contribution in [0.3, 0.4) is 0 Å². The van der Waals surface area contributed by atoms with Crippen LogP contribution in [-0.2, 0) is 17.8 Å². The molecular weight excluding hydrogens is 349 g/mol. The van der Waals surface area contributed by atoms with Crippen molar-refractivity contribution in [2.75, 3.05) is 12.1 Å². The van der Waals surface area contributed by atoms with Crippen molar-refractivity contribution in [3.63, 3.8) is 0 Å². The van der Waals surface area contributed by atoms with E-state index in [1.54, 1.807) is 29.1 Å². The number of halogens is 1. The zero-order chi connectivity index (χ0) is 18.8. The molecule has 0 saturated heterocycles. The Kier molecular flexibility index (Phi) is 4.50. The van der Waals surface area contributed by atoms with Crippen molar-refractivity contribution in [2.24, 2.45) is 0 Å². The van der Waals surface area contributed by atoms with E-state index in [-0.39, 0.29) is 24.9 Å². The highest BCUT2D eigenvalue weighted by Gasteiger charge is 2.16. The number of hydrogen-bond acceptors (Lipinski definition) is 4. The fourth-order valence-corrected chi connectivity index (χ4v) is 2.98. The molecule has 0 atom stereocenters. The van der Waals surface area contributed by atoms with Crippen LogP contribution in [0.2, 0.25) is 0 Å². The first-order chi connectivity index (χ1) is 13.1. The highest BCUT2D eigenvalue weighted by molar-refractivity contribution is 5.92. The van der Waals surface area contributed by atoms with Crippen LogP contribution < -0.4 is 14.8 Å². The maximum absolute atomic E-state index is 13.4. The first-order valence-corrected chi connectivity index (χ1v) is 8.54. The van der Waals surface area contributed by atoms with Gasteiger partial charge in [-0.1, -0.05) is 18.2 Å². The Bertz CT molecular complexity index is 1000. The molecule has 1 amide bonds. The Hall–Kier alpha value is -3.35. The quantitative estimate of drug-likeness (QED) is 0.752. The van der Waals surface area contributed by atoms with E-state index < -0.39 is 0 Å². The Morgan fingerprint density at radius 3 is 2.89 bits per heavy atom. The van der Waals surface area contributed by atoms with Crippen LogP contribution >= 0.6 is 0 Å². The van der Waals surface area contributed by atoms with Gasteiger partial charge in [0.25, 0.3) is 0 Å². The van der Waals surface area contributed by atoms with E-state index in [1.807, 2.05) is 19.1 Å². The van der Waals surface area contributed by atoms with E-state index in [0.717, 1.165) is 16.7 Å². The maximum atomic E-state index is 13.4. The van der Waals surface area contributed by atoms with Crippen molar-refractivity contribution < 1.29 is 18.7 Å². The van der Waals surface area contributed by atoms with Crippen molar-refractivity contribution in [3.8, 4) is 11.5 Å². The lowest BCUT2D eigenvalue weighted by atomic mass is 10.1. The van der Waals surface area contributed by atoms with E-state index in [4.69, 9.17) is 9.47 Å². The average Bonchev–Trinajstić information content (AvgIpc) is 3.23. The lowest BCUT2D eigenvalue weighted by Gasteiger charge is -2.11. The third-order valence-electron chi connectivity index (χ3n) is 4.30. The molecule has 0 unspecified atom stereocenters. The molecule has 7 heteroatoms. The molecular formula is C20H18FN3O3. The SMILES string of the molecule is Cc1cnn(Cc2cccc(F)c2)c1NC(=O)Cc1ccc2c(c1)OCO2. The Labute approximate surface area is 155 Å². The summed E-state index contributed by atoms with van der Waals surface area (Å²) in [6.07, 6.45) is 1.87. The summed E-state index contributed by atoms with van der Waals surface area (Å²) in [5.41, 5.74) is 2.43. The summed E-state index contributed by atoms with van der Waals surface area (Å²) >= 11 is 0. The van der Waals surface area contributed by atoms with Gasteiger partial charge in [0, 0.05) is 5.56 Å². The molecule has 27 heavy (non-hydrogen) atoms. The van der Waals surface area contributed by atoms with Gasteiger partial charge in [-0.05, 0) is 42.3 Å². The van der Waals surface area contributed by atoms with Crippen LogP contribution in [0.5, 0.6) is 11.5 Å². The van der Waals surface area contributed by atoms with E-state index in [0.29, 0.717) is 23.9 Å². The second-order valence-corrected chi connectivity index (χ2v) is 6.38. The zero-order valence-corrected chi connectivity index (χ0v) is 14.7. The molecule has 0 bridgehead atoms. The molecule has 138 valence electrons. The second-order valence-electron chi connectivity index (χ2n) is 6.38. The van der Waals surface area contributed by atoms with E-state index in [2.05, 4.69) is 10.4 Å². The lowest BCUT2D eigenvalue weighted by molar-refractivity contribution is -0.115. The Morgan fingerprint density at radius 2 is 2.04 bits per heavy atom. The van der Waals surface area contributed by atoms with Gasteiger partial charge in [0.1, 0.15) is 11.6 Å². The van der Waals surface area contributed by atoms with Gasteiger partial charge in [0.15, 0.2) is 11.5 Å². The number of aromatic nitrogens is 2. The number of carbonyl (C=O) groups excluding carboxylic acids is 1. The van der Waals surface area contributed by atoms with Gasteiger partial charge < -0.3 is 14.8 Å². The molecule has 0 saturated carbocycles. The zero-order valence-electron chi connectivity index (χ0n) is 14.7. The van der Waals surface area contributed by atoms with E-state index in [9.17, 15) is 9.18 Å². The molecule has 2 aromatic carbocycles. The van der Waals surface area contributed by atoms with Crippen LogP contribution in [0.4, 0.5) is 10.2 Å². The molecule has 6 nitrogen and oxygen atoms in total. The predicted octanol–water partition coefficient (Wildman–Crippen LogP) is 3.29. The number of fused-ring (bicyclic) bond motifs is 1. The molecule has 1 aliphatic rings. The van der Waals surface area contributed by atoms with Crippen molar-refractivity contribution in [2.45, 2.75) is 19.9 Å². The van der Waals surface area contributed by atoms with Crippen LogP contribution in [0.1, 0.15) is 16.7 Å². The van der Waals surface area contributed by atoms with Crippen molar-refractivity contribution in [1.82, 2.24) is 9.78 Å².